The molecule has 0 aromatic carbocycles. The summed E-state index contributed by atoms with van der Waals surface area (Å²) in [6.45, 7) is 3.43. The van der Waals surface area contributed by atoms with Crippen molar-refractivity contribution in [3.63, 3.8) is 0 Å². The first-order valence-corrected chi connectivity index (χ1v) is 12.6. The number of hydrogen-bond donors (Lipinski definition) is 1. The lowest BCUT2D eigenvalue weighted by molar-refractivity contribution is -0.141. The molecule has 1 atom stereocenters. The Bertz CT molecular complexity index is 1250. The highest BCUT2D eigenvalue weighted by molar-refractivity contribution is 7.91. The average Bonchev–Trinajstić information content (AvgIpc) is 3.45. The topological polar surface area (TPSA) is 120 Å². The fourth-order valence-electron chi connectivity index (χ4n) is 3.73. The Kier molecular flexibility index (Phi) is 5.80. The van der Waals surface area contributed by atoms with E-state index >= 15 is 0 Å². The summed E-state index contributed by atoms with van der Waals surface area (Å²) in [4.78, 5) is 30.3. The van der Waals surface area contributed by atoms with Crippen molar-refractivity contribution in [2.75, 3.05) is 24.7 Å². The Labute approximate surface area is 183 Å². The zero-order valence-electron chi connectivity index (χ0n) is 17.1. The summed E-state index contributed by atoms with van der Waals surface area (Å²) in [6, 6.07) is 5.13. The van der Waals surface area contributed by atoms with Crippen LogP contribution in [0.4, 0.5) is 0 Å². The van der Waals surface area contributed by atoms with Crippen LogP contribution in [0.15, 0.2) is 23.6 Å². The summed E-state index contributed by atoms with van der Waals surface area (Å²) < 4.78 is 30.5. The second kappa shape index (κ2) is 8.39. The van der Waals surface area contributed by atoms with Crippen molar-refractivity contribution >= 4 is 44.1 Å². The summed E-state index contributed by atoms with van der Waals surface area (Å²) in [5.41, 5.74) is 1.96. The van der Waals surface area contributed by atoms with Crippen LogP contribution >= 0.6 is 11.3 Å². The van der Waals surface area contributed by atoms with E-state index in [2.05, 4.69) is 10.4 Å². The predicted molar refractivity (Wildman–Crippen MR) is 117 cm³/mol. The zero-order valence-corrected chi connectivity index (χ0v) is 18.8. The Morgan fingerprint density at radius 2 is 2.19 bits per heavy atom. The van der Waals surface area contributed by atoms with Crippen LogP contribution in [0.3, 0.4) is 0 Å². The van der Waals surface area contributed by atoms with Crippen molar-refractivity contribution in [3.05, 3.63) is 34.8 Å². The lowest BCUT2D eigenvalue weighted by atomic mass is 10.1. The van der Waals surface area contributed by atoms with Gasteiger partial charge in [0.25, 0.3) is 5.91 Å². The summed E-state index contributed by atoms with van der Waals surface area (Å²) >= 11 is 1.48. The van der Waals surface area contributed by atoms with Gasteiger partial charge in [-0.25, -0.2) is 18.1 Å². The first-order chi connectivity index (χ1) is 14.8. The summed E-state index contributed by atoms with van der Waals surface area (Å²) in [5.74, 6) is -0.864. The smallest absolute Gasteiger partial charge is 0.325 e. The van der Waals surface area contributed by atoms with E-state index in [1.807, 2.05) is 17.5 Å². The molecule has 1 unspecified atom stereocenters. The van der Waals surface area contributed by atoms with Crippen LogP contribution < -0.4 is 5.32 Å². The number of carbonyl (C=O) groups excluding carboxylic acids is 2. The molecule has 0 aliphatic carbocycles. The minimum atomic E-state index is -3.12. The normalized spacial score (nSPS) is 17.7. The number of fused-ring (bicyclic) bond motifs is 1. The van der Waals surface area contributed by atoms with Crippen molar-refractivity contribution in [2.45, 2.75) is 26.3 Å². The van der Waals surface area contributed by atoms with Crippen molar-refractivity contribution in [3.8, 4) is 10.6 Å². The van der Waals surface area contributed by atoms with Gasteiger partial charge in [-0.3, -0.25) is 9.59 Å². The molecule has 3 aromatic rings. The largest absolute Gasteiger partial charge is 0.465 e. The molecule has 1 fully saturated rings. The number of nitrogens with zero attached hydrogens (tertiary/aromatic N) is 3. The minimum absolute atomic E-state index is 0.00147. The number of aromatic nitrogens is 3. The van der Waals surface area contributed by atoms with Crippen molar-refractivity contribution in [2.24, 2.45) is 0 Å². The maximum Gasteiger partial charge on any atom is 0.325 e. The molecule has 1 aliphatic heterocycles. The molecular weight excluding hydrogens is 440 g/mol. The lowest BCUT2D eigenvalue weighted by Crippen LogP contribution is -2.30. The molecule has 164 valence electrons. The number of nitrogens with one attached hydrogen (secondary N) is 1. The minimum Gasteiger partial charge on any atom is -0.465 e. The number of sulfone groups is 1. The van der Waals surface area contributed by atoms with Gasteiger partial charge < -0.3 is 10.1 Å². The van der Waals surface area contributed by atoms with Crippen LogP contribution in [-0.2, 0) is 19.4 Å². The summed E-state index contributed by atoms with van der Waals surface area (Å²) in [6.07, 6.45) is 0.452. The third-order valence-corrected chi connectivity index (χ3v) is 7.75. The molecule has 0 radical (unpaired) electrons. The number of pyridine rings is 1. The SMILES string of the molecule is CCOC(=O)CNC(=O)c1cc(-c2cccs2)nc2c1c(C)nn2C1CCS(=O)(=O)C1. The standard InChI is InChI=1S/C20H22N4O5S2/c1-3-29-17(25)10-21-20(26)14-9-15(16-5-4-7-30-16)22-19-18(14)12(2)23-24(19)13-6-8-31(27,28)11-13/h4-5,7,9,13H,3,6,8,10-11H2,1-2H3,(H,21,26). The Morgan fingerprint density at radius 1 is 1.39 bits per heavy atom. The average molecular weight is 463 g/mol. The molecule has 0 saturated carbocycles. The Hall–Kier alpha value is -2.79. The molecule has 11 heteroatoms. The summed E-state index contributed by atoms with van der Waals surface area (Å²) in [5, 5.41) is 9.60. The first kappa shape index (κ1) is 21.4. The Morgan fingerprint density at radius 3 is 2.84 bits per heavy atom. The van der Waals surface area contributed by atoms with Crippen LogP contribution in [0.2, 0.25) is 0 Å². The number of hydrogen-bond acceptors (Lipinski definition) is 8. The highest BCUT2D eigenvalue weighted by atomic mass is 32.2. The number of carbonyl (C=O) groups is 2. The number of thiophene rings is 1. The van der Waals surface area contributed by atoms with Crippen molar-refractivity contribution in [1.29, 1.82) is 0 Å². The van der Waals surface area contributed by atoms with Gasteiger partial charge in [0.15, 0.2) is 15.5 Å². The molecule has 1 aliphatic rings. The number of ether oxygens (including phenoxy) is 1. The maximum atomic E-state index is 13.0. The first-order valence-electron chi connectivity index (χ1n) is 9.87. The molecule has 1 amide bonds. The molecule has 0 spiro atoms. The highest BCUT2D eigenvalue weighted by Gasteiger charge is 2.32. The second-order valence-electron chi connectivity index (χ2n) is 7.31. The molecule has 0 bridgehead atoms. The van der Waals surface area contributed by atoms with Gasteiger partial charge >= 0.3 is 5.97 Å². The highest BCUT2D eigenvalue weighted by Crippen LogP contribution is 2.33. The van der Waals surface area contributed by atoms with E-state index in [1.54, 1.807) is 24.6 Å². The van der Waals surface area contributed by atoms with E-state index in [0.717, 1.165) is 4.88 Å². The summed E-state index contributed by atoms with van der Waals surface area (Å²) in [7, 11) is -3.12. The van der Waals surface area contributed by atoms with Crippen LogP contribution in [0.25, 0.3) is 21.6 Å². The predicted octanol–water partition coefficient (Wildman–Crippen LogP) is 2.12. The van der Waals surface area contributed by atoms with Crippen LogP contribution in [0.5, 0.6) is 0 Å². The molecule has 3 aromatic heterocycles. The fraction of sp³-hybridized carbons (Fsp3) is 0.400. The third-order valence-electron chi connectivity index (χ3n) is 5.11. The molecule has 1 saturated heterocycles. The van der Waals surface area contributed by atoms with Gasteiger partial charge in [0.05, 0.1) is 51.4 Å². The maximum absolute atomic E-state index is 13.0. The lowest BCUT2D eigenvalue weighted by Gasteiger charge is -2.12. The molecule has 4 rings (SSSR count). The molecule has 9 nitrogen and oxygen atoms in total. The van der Waals surface area contributed by atoms with E-state index in [0.29, 0.717) is 34.4 Å². The van der Waals surface area contributed by atoms with Crippen molar-refractivity contribution in [1.82, 2.24) is 20.1 Å². The van der Waals surface area contributed by atoms with Gasteiger partial charge in [0, 0.05) is 0 Å². The van der Waals surface area contributed by atoms with Crippen LogP contribution in [0.1, 0.15) is 35.4 Å². The second-order valence-corrected chi connectivity index (χ2v) is 10.5. The molecular formula is C20H22N4O5S2. The molecule has 4 heterocycles. The van der Waals surface area contributed by atoms with Gasteiger partial charge in [0.1, 0.15) is 6.54 Å². The number of amides is 1. The van der Waals surface area contributed by atoms with Gasteiger partial charge in [-0.15, -0.1) is 11.3 Å². The van der Waals surface area contributed by atoms with Gasteiger partial charge in [-0.1, -0.05) is 6.07 Å². The van der Waals surface area contributed by atoms with E-state index in [9.17, 15) is 18.0 Å². The molecule has 1 N–H and O–H groups in total. The number of esters is 1. The van der Waals surface area contributed by atoms with Crippen LogP contribution in [-0.4, -0.2) is 59.7 Å². The van der Waals surface area contributed by atoms with Crippen molar-refractivity contribution < 1.29 is 22.7 Å². The van der Waals surface area contributed by atoms with E-state index in [-0.39, 0.29) is 30.7 Å². The van der Waals surface area contributed by atoms with Crippen LogP contribution in [0, 0.1) is 6.92 Å². The van der Waals surface area contributed by atoms with E-state index in [1.165, 1.54) is 11.3 Å². The fourth-order valence-corrected chi connectivity index (χ4v) is 6.10. The monoisotopic (exact) mass is 462 g/mol. The number of aryl methyl sites for hydroxylation is 1. The third kappa shape index (κ3) is 4.33. The van der Waals surface area contributed by atoms with Gasteiger partial charge in [0.2, 0.25) is 0 Å². The Balaban J connectivity index is 1.81. The van der Waals surface area contributed by atoms with E-state index < -0.39 is 21.7 Å². The number of rotatable bonds is 6. The van der Waals surface area contributed by atoms with E-state index in [4.69, 9.17) is 9.72 Å². The van der Waals surface area contributed by atoms with Gasteiger partial charge in [-0.2, -0.15) is 5.10 Å². The quantitative estimate of drug-likeness (QED) is 0.557. The zero-order chi connectivity index (χ0) is 22.2. The van der Waals surface area contributed by atoms with Gasteiger partial charge in [-0.05, 0) is 37.8 Å². The molecule has 31 heavy (non-hydrogen) atoms.